The van der Waals surface area contributed by atoms with Gasteiger partial charge in [-0.3, -0.25) is 9.78 Å². The number of piperazine rings is 1. The van der Waals surface area contributed by atoms with Crippen LogP contribution in [0, 0.1) is 11.3 Å². The number of carbonyl (C=O) groups is 1. The maximum absolute atomic E-state index is 12.3. The van der Waals surface area contributed by atoms with Gasteiger partial charge in [0.2, 0.25) is 5.91 Å². The molecule has 0 aliphatic carbocycles. The number of pyridine rings is 1. The van der Waals surface area contributed by atoms with Crippen molar-refractivity contribution in [3.63, 3.8) is 0 Å². The van der Waals surface area contributed by atoms with Crippen molar-refractivity contribution in [1.29, 1.82) is 5.26 Å². The molecular formula is C26H27N7O2. The molecule has 178 valence electrons. The largest absolute Gasteiger partial charge is 0.467 e. The highest BCUT2D eigenvalue weighted by molar-refractivity contribution is 5.91. The molecule has 4 heterocycles. The molecule has 3 aromatic rings. The topological polar surface area (TPSA) is 98.5 Å². The Balaban J connectivity index is 1.47. The van der Waals surface area contributed by atoms with Crippen molar-refractivity contribution in [3.8, 4) is 12.1 Å². The van der Waals surface area contributed by atoms with Gasteiger partial charge in [-0.2, -0.15) is 15.2 Å². The lowest BCUT2D eigenvalue weighted by Gasteiger charge is -2.42. The SMILES string of the molecule is C=CC(=O)N1CCN(c2nc(OC)nc3c2CCN(c2ccnc4ccccc24)C3)CC1CC#N. The number of para-hydroxylation sites is 1. The fourth-order valence-electron chi connectivity index (χ4n) is 5.04. The highest BCUT2D eigenvalue weighted by Crippen LogP contribution is 2.34. The van der Waals surface area contributed by atoms with Crippen LogP contribution in [0.1, 0.15) is 17.7 Å². The van der Waals surface area contributed by atoms with Crippen molar-refractivity contribution in [2.45, 2.75) is 25.4 Å². The molecule has 2 aliphatic heterocycles. The quantitative estimate of drug-likeness (QED) is 0.526. The van der Waals surface area contributed by atoms with E-state index in [1.54, 1.807) is 12.0 Å². The van der Waals surface area contributed by atoms with Gasteiger partial charge in [-0.25, -0.2) is 0 Å². The summed E-state index contributed by atoms with van der Waals surface area (Å²) in [6, 6.07) is 12.5. The van der Waals surface area contributed by atoms with Crippen molar-refractivity contribution in [2.24, 2.45) is 0 Å². The van der Waals surface area contributed by atoms with Gasteiger partial charge in [-0.05, 0) is 24.6 Å². The summed E-state index contributed by atoms with van der Waals surface area (Å²) in [7, 11) is 1.57. The van der Waals surface area contributed by atoms with Crippen LogP contribution in [0.2, 0.25) is 0 Å². The summed E-state index contributed by atoms with van der Waals surface area (Å²) >= 11 is 0. The molecule has 0 bridgehead atoms. The Morgan fingerprint density at radius 2 is 2.09 bits per heavy atom. The molecule has 2 aromatic heterocycles. The Kier molecular flexibility index (Phi) is 6.19. The lowest BCUT2D eigenvalue weighted by molar-refractivity contribution is -0.128. The zero-order chi connectivity index (χ0) is 24.4. The molecule has 5 rings (SSSR count). The van der Waals surface area contributed by atoms with E-state index in [0.29, 0.717) is 32.2 Å². The molecule has 0 spiro atoms. The average molecular weight is 470 g/mol. The Morgan fingerprint density at radius 1 is 1.23 bits per heavy atom. The number of methoxy groups -OCH3 is 1. The number of amides is 1. The van der Waals surface area contributed by atoms with Crippen LogP contribution in [0.5, 0.6) is 6.01 Å². The first kappa shape index (κ1) is 22.6. The van der Waals surface area contributed by atoms with Gasteiger partial charge in [-0.1, -0.05) is 24.8 Å². The van der Waals surface area contributed by atoms with Crippen molar-refractivity contribution in [1.82, 2.24) is 19.9 Å². The van der Waals surface area contributed by atoms with E-state index in [4.69, 9.17) is 14.7 Å². The van der Waals surface area contributed by atoms with Crippen molar-refractivity contribution in [2.75, 3.05) is 43.1 Å². The summed E-state index contributed by atoms with van der Waals surface area (Å²) in [6.07, 6.45) is 4.19. The van der Waals surface area contributed by atoms with E-state index in [9.17, 15) is 10.1 Å². The molecule has 1 atom stereocenters. The zero-order valence-electron chi connectivity index (χ0n) is 19.7. The van der Waals surface area contributed by atoms with Gasteiger partial charge >= 0.3 is 6.01 Å². The Bertz CT molecular complexity index is 1310. The number of nitriles is 1. The molecule has 9 nitrogen and oxygen atoms in total. The van der Waals surface area contributed by atoms with Crippen LogP contribution in [-0.2, 0) is 17.8 Å². The van der Waals surface area contributed by atoms with Crippen LogP contribution in [0.3, 0.4) is 0 Å². The Labute approximate surface area is 204 Å². The average Bonchev–Trinajstić information content (AvgIpc) is 2.91. The fourth-order valence-corrected chi connectivity index (χ4v) is 5.04. The predicted octanol–water partition coefficient (Wildman–Crippen LogP) is 2.71. The third-order valence-electron chi connectivity index (χ3n) is 6.74. The van der Waals surface area contributed by atoms with Crippen LogP contribution >= 0.6 is 0 Å². The number of benzene rings is 1. The molecule has 1 saturated heterocycles. The summed E-state index contributed by atoms with van der Waals surface area (Å²) in [5.74, 6) is 0.687. The number of nitrogens with zero attached hydrogens (tertiary/aromatic N) is 7. The molecule has 9 heteroatoms. The second-order valence-corrected chi connectivity index (χ2v) is 8.68. The maximum atomic E-state index is 12.3. The molecule has 0 N–H and O–H groups in total. The number of anilines is 2. The van der Waals surface area contributed by atoms with Crippen LogP contribution in [-0.4, -0.2) is 65.1 Å². The summed E-state index contributed by atoms with van der Waals surface area (Å²) in [5.41, 5.74) is 4.12. The lowest BCUT2D eigenvalue weighted by atomic mass is 10.0. The highest BCUT2D eigenvalue weighted by Gasteiger charge is 2.33. The Hall–Kier alpha value is -4.19. The van der Waals surface area contributed by atoms with E-state index >= 15 is 0 Å². The zero-order valence-corrected chi connectivity index (χ0v) is 19.7. The minimum absolute atomic E-state index is 0.146. The molecule has 1 amide bonds. The fraction of sp³-hybridized carbons (Fsp3) is 0.346. The number of ether oxygens (including phenoxy) is 1. The highest BCUT2D eigenvalue weighted by atomic mass is 16.5. The van der Waals surface area contributed by atoms with Crippen LogP contribution in [0.4, 0.5) is 11.5 Å². The van der Waals surface area contributed by atoms with E-state index in [0.717, 1.165) is 46.6 Å². The van der Waals surface area contributed by atoms with E-state index in [2.05, 4.69) is 39.6 Å². The van der Waals surface area contributed by atoms with Crippen molar-refractivity contribution >= 4 is 28.3 Å². The second kappa shape index (κ2) is 9.58. The molecule has 2 aliphatic rings. The monoisotopic (exact) mass is 469 g/mol. The van der Waals surface area contributed by atoms with Gasteiger partial charge < -0.3 is 19.4 Å². The second-order valence-electron chi connectivity index (χ2n) is 8.68. The standard InChI is InChI=1S/C26H27N7O2/c1-3-24(34)33-15-14-32(16-18(33)8-11-27)25-20-10-13-31(17-22(20)29-26(30-25)35-2)23-9-12-28-21-7-5-4-6-19(21)23/h3-7,9,12,18H,1,8,10,13-17H2,2H3. The number of fused-ring (bicyclic) bond motifs is 2. The van der Waals surface area contributed by atoms with Crippen LogP contribution in [0.25, 0.3) is 10.9 Å². The molecule has 1 fully saturated rings. The minimum Gasteiger partial charge on any atom is -0.467 e. The predicted molar refractivity (Wildman–Crippen MR) is 133 cm³/mol. The summed E-state index contributed by atoms with van der Waals surface area (Å²) in [6.45, 7) is 6.71. The number of hydrogen-bond acceptors (Lipinski definition) is 8. The smallest absolute Gasteiger partial charge is 0.318 e. The van der Waals surface area contributed by atoms with Crippen molar-refractivity contribution < 1.29 is 9.53 Å². The first-order chi connectivity index (χ1) is 17.1. The van der Waals surface area contributed by atoms with Gasteiger partial charge in [0.1, 0.15) is 5.82 Å². The summed E-state index contributed by atoms with van der Waals surface area (Å²) in [5, 5.41) is 10.5. The third-order valence-corrected chi connectivity index (χ3v) is 6.74. The molecule has 0 saturated carbocycles. The van der Waals surface area contributed by atoms with E-state index in [1.807, 2.05) is 24.4 Å². The minimum atomic E-state index is -0.223. The molecule has 1 unspecified atom stereocenters. The third kappa shape index (κ3) is 4.23. The van der Waals surface area contributed by atoms with Gasteiger partial charge in [0.15, 0.2) is 0 Å². The van der Waals surface area contributed by atoms with Gasteiger partial charge in [0, 0.05) is 49.0 Å². The van der Waals surface area contributed by atoms with Gasteiger partial charge in [0.25, 0.3) is 0 Å². The van der Waals surface area contributed by atoms with E-state index in [1.165, 1.54) is 6.08 Å². The van der Waals surface area contributed by atoms with E-state index in [-0.39, 0.29) is 18.4 Å². The number of rotatable bonds is 5. The normalized spacial score (nSPS) is 17.6. The summed E-state index contributed by atoms with van der Waals surface area (Å²) in [4.78, 5) is 32.5. The molecule has 0 radical (unpaired) electrons. The first-order valence-corrected chi connectivity index (χ1v) is 11.7. The molecule has 35 heavy (non-hydrogen) atoms. The molecular weight excluding hydrogens is 442 g/mol. The lowest BCUT2D eigenvalue weighted by Crippen LogP contribution is -2.55. The Morgan fingerprint density at radius 3 is 2.89 bits per heavy atom. The maximum Gasteiger partial charge on any atom is 0.318 e. The summed E-state index contributed by atoms with van der Waals surface area (Å²) < 4.78 is 5.47. The van der Waals surface area contributed by atoms with Crippen molar-refractivity contribution in [3.05, 3.63) is 60.4 Å². The van der Waals surface area contributed by atoms with Gasteiger partial charge in [0.05, 0.1) is 43.4 Å². The van der Waals surface area contributed by atoms with E-state index < -0.39 is 0 Å². The number of carbonyl (C=O) groups excluding carboxylic acids is 1. The number of hydrogen-bond donors (Lipinski definition) is 0. The first-order valence-electron chi connectivity index (χ1n) is 11.7. The molecule has 1 aromatic carbocycles. The number of aromatic nitrogens is 3. The van der Waals surface area contributed by atoms with Crippen LogP contribution < -0.4 is 14.5 Å². The van der Waals surface area contributed by atoms with Crippen LogP contribution in [0.15, 0.2) is 49.2 Å². The van der Waals surface area contributed by atoms with Gasteiger partial charge in [-0.15, -0.1) is 0 Å².